The second-order valence-corrected chi connectivity index (χ2v) is 9.24. The minimum atomic E-state index is -5.08. The first-order valence-corrected chi connectivity index (χ1v) is 11.1. The lowest BCUT2D eigenvalue weighted by Gasteiger charge is -2.22. The molecule has 3 aromatic heterocycles. The van der Waals surface area contributed by atoms with Crippen molar-refractivity contribution in [2.75, 3.05) is 13.1 Å². The summed E-state index contributed by atoms with van der Waals surface area (Å²) in [6.07, 6.45) is 1.34. The van der Waals surface area contributed by atoms with Gasteiger partial charge in [-0.2, -0.15) is 13.2 Å². The topological polar surface area (TPSA) is 71.2 Å². The molecule has 1 atom stereocenters. The summed E-state index contributed by atoms with van der Waals surface area (Å²) in [5, 5.41) is 12.6. The molecule has 1 N–H and O–H groups in total. The summed E-state index contributed by atoms with van der Waals surface area (Å²) in [4.78, 5) is 22.1. The third-order valence-corrected chi connectivity index (χ3v) is 7.09. The lowest BCUT2D eigenvalue weighted by atomic mass is 9.85. The van der Waals surface area contributed by atoms with Gasteiger partial charge < -0.3 is 9.67 Å². The number of thiophene rings is 1. The number of hydrogen-bond acceptors (Lipinski definition) is 6. The predicted molar refractivity (Wildman–Crippen MR) is 108 cm³/mol. The van der Waals surface area contributed by atoms with E-state index in [1.54, 1.807) is 22.7 Å². The van der Waals surface area contributed by atoms with Gasteiger partial charge in [-0.3, -0.25) is 4.90 Å². The molecule has 2 aliphatic rings. The number of aromatic nitrogens is 3. The molecule has 11 heteroatoms. The fraction of sp³-hybridized carbons (Fsp3) is 0.421. The Hall–Kier alpha value is -2.24. The number of rotatable bonds is 3. The van der Waals surface area contributed by atoms with E-state index in [1.807, 2.05) is 6.20 Å². The summed E-state index contributed by atoms with van der Waals surface area (Å²) in [6, 6.07) is 4.32. The van der Waals surface area contributed by atoms with Gasteiger partial charge in [0.2, 0.25) is 0 Å². The van der Waals surface area contributed by atoms with Gasteiger partial charge in [-0.1, -0.05) is 6.07 Å². The van der Waals surface area contributed by atoms with Crippen molar-refractivity contribution in [1.29, 1.82) is 0 Å². The van der Waals surface area contributed by atoms with E-state index in [1.165, 1.54) is 34.2 Å². The molecule has 1 fully saturated rings. The first kappa shape index (κ1) is 21.0. The van der Waals surface area contributed by atoms with Crippen LogP contribution in [0.1, 0.15) is 23.7 Å². The molecule has 2 aliphatic heterocycles. The smallest absolute Gasteiger partial charge is 0.475 e. The molecule has 1 unspecified atom stereocenters. The quantitative estimate of drug-likeness (QED) is 0.638. The lowest BCUT2D eigenvalue weighted by molar-refractivity contribution is -0.192. The molecule has 30 heavy (non-hydrogen) atoms. The molecule has 1 saturated heterocycles. The van der Waals surface area contributed by atoms with Gasteiger partial charge in [0.05, 0.1) is 23.3 Å². The molecule has 5 heterocycles. The van der Waals surface area contributed by atoms with Crippen LogP contribution in [0, 0.1) is 0 Å². The zero-order chi connectivity index (χ0) is 21.4. The second kappa shape index (κ2) is 8.12. The van der Waals surface area contributed by atoms with Gasteiger partial charge in [-0.25, -0.2) is 14.8 Å². The molecule has 3 aromatic rings. The average molecular weight is 457 g/mol. The SMILES string of the molecule is O=C(O)C(F)(F)F.c1csc(-c2cnc3n2CCC32CCN(Cc3nccs3)C2)c1. The highest BCUT2D eigenvalue weighted by Gasteiger charge is 2.46. The summed E-state index contributed by atoms with van der Waals surface area (Å²) in [6.45, 7) is 4.36. The largest absolute Gasteiger partial charge is 0.490 e. The van der Waals surface area contributed by atoms with Crippen molar-refractivity contribution in [3.8, 4) is 10.6 Å². The Balaban J connectivity index is 0.000000272. The van der Waals surface area contributed by atoms with Gasteiger partial charge in [0.15, 0.2) is 0 Å². The van der Waals surface area contributed by atoms with E-state index in [2.05, 4.69) is 43.5 Å². The predicted octanol–water partition coefficient (Wildman–Crippen LogP) is 4.25. The first-order chi connectivity index (χ1) is 14.3. The highest BCUT2D eigenvalue weighted by Crippen LogP contribution is 2.44. The Morgan fingerprint density at radius 3 is 2.60 bits per heavy atom. The average Bonchev–Trinajstić information content (AvgIpc) is 3.47. The molecule has 0 aliphatic carbocycles. The molecule has 6 nitrogen and oxygen atoms in total. The zero-order valence-electron chi connectivity index (χ0n) is 15.8. The number of carbonyl (C=O) groups is 1. The molecular formula is C19H19F3N4O2S2. The molecule has 0 amide bonds. The van der Waals surface area contributed by atoms with E-state index in [-0.39, 0.29) is 5.41 Å². The number of hydrogen-bond donors (Lipinski definition) is 1. The van der Waals surface area contributed by atoms with Gasteiger partial charge in [0.1, 0.15) is 10.8 Å². The number of aliphatic carboxylic acids is 1. The number of alkyl halides is 3. The molecule has 0 radical (unpaired) electrons. The zero-order valence-corrected chi connectivity index (χ0v) is 17.4. The molecule has 160 valence electrons. The third-order valence-electron chi connectivity index (χ3n) is 5.44. The number of thiazole rings is 1. The minimum absolute atomic E-state index is 0.257. The number of carboxylic acid groups (broad SMARTS) is 1. The maximum Gasteiger partial charge on any atom is 0.490 e. The van der Waals surface area contributed by atoms with E-state index in [0.717, 1.165) is 26.2 Å². The first-order valence-electron chi connectivity index (χ1n) is 9.29. The van der Waals surface area contributed by atoms with E-state index < -0.39 is 12.1 Å². The summed E-state index contributed by atoms with van der Waals surface area (Å²) in [7, 11) is 0. The Labute approximate surface area is 178 Å². The highest BCUT2D eigenvalue weighted by molar-refractivity contribution is 7.13. The standard InChI is InChI=1S/C17H18N4S2.C2HF3O2/c1-2-14(22-8-1)13-10-19-16-17(4-7-21(13)16)3-6-20(12-17)11-15-18-5-9-23-15;3-2(4,5)1(6)7/h1-2,5,8-10H,3-4,6-7,11-12H2;(H,6,7). The van der Waals surface area contributed by atoms with Crippen molar-refractivity contribution in [2.45, 2.75) is 37.5 Å². The maximum absolute atomic E-state index is 10.6. The van der Waals surface area contributed by atoms with Crippen LogP contribution in [0.15, 0.2) is 35.3 Å². The van der Waals surface area contributed by atoms with Crippen molar-refractivity contribution in [3.05, 3.63) is 46.1 Å². The summed E-state index contributed by atoms with van der Waals surface area (Å²) in [5.41, 5.74) is 1.55. The van der Waals surface area contributed by atoms with Crippen LogP contribution in [0.2, 0.25) is 0 Å². The van der Waals surface area contributed by atoms with Crippen LogP contribution in [-0.2, 0) is 23.3 Å². The van der Waals surface area contributed by atoms with E-state index in [4.69, 9.17) is 14.9 Å². The van der Waals surface area contributed by atoms with Crippen LogP contribution in [0.5, 0.6) is 0 Å². The van der Waals surface area contributed by atoms with Crippen molar-refractivity contribution >= 4 is 28.6 Å². The van der Waals surface area contributed by atoms with E-state index in [9.17, 15) is 13.2 Å². The summed E-state index contributed by atoms with van der Waals surface area (Å²) in [5.74, 6) is -1.45. The number of fused-ring (bicyclic) bond motifs is 2. The monoisotopic (exact) mass is 456 g/mol. The Morgan fingerprint density at radius 1 is 1.20 bits per heavy atom. The van der Waals surface area contributed by atoms with Crippen LogP contribution in [0.4, 0.5) is 13.2 Å². The summed E-state index contributed by atoms with van der Waals surface area (Å²) < 4.78 is 34.2. The molecule has 0 aromatic carbocycles. The van der Waals surface area contributed by atoms with Gasteiger partial charge in [0, 0.05) is 30.1 Å². The fourth-order valence-corrected chi connectivity index (χ4v) is 5.49. The van der Waals surface area contributed by atoms with Crippen LogP contribution in [-0.4, -0.2) is 49.8 Å². The third kappa shape index (κ3) is 4.14. The summed E-state index contributed by atoms with van der Waals surface area (Å²) >= 11 is 3.56. The molecule has 5 rings (SSSR count). The fourth-order valence-electron chi connectivity index (χ4n) is 4.09. The number of carboxylic acids is 1. The molecule has 1 spiro atoms. The maximum atomic E-state index is 10.6. The number of imidazole rings is 1. The Morgan fingerprint density at radius 2 is 1.97 bits per heavy atom. The molecular weight excluding hydrogens is 437 g/mol. The normalized spacial score (nSPS) is 20.9. The minimum Gasteiger partial charge on any atom is -0.475 e. The number of nitrogens with zero attached hydrogens (tertiary/aromatic N) is 4. The van der Waals surface area contributed by atoms with Crippen molar-refractivity contribution in [1.82, 2.24) is 19.4 Å². The Kier molecular flexibility index (Phi) is 5.69. The van der Waals surface area contributed by atoms with Crippen molar-refractivity contribution in [3.63, 3.8) is 0 Å². The van der Waals surface area contributed by atoms with Gasteiger partial charge in [-0.05, 0) is 30.8 Å². The highest BCUT2D eigenvalue weighted by atomic mass is 32.1. The molecule has 0 bridgehead atoms. The van der Waals surface area contributed by atoms with Gasteiger partial charge >= 0.3 is 12.1 Å². The van der Waals surface area contributed by atoms with E-state index in [0.29, 0.717) is 0 Å². The molecule has 0 saturated carbocycles. The second-order valence-electron chi connectivity index (χ2n) is 7.32. The Bertz CT molecular complexity index is 1000. The van der Waals surface area contributed by atoms with Crippen LogP contribution in [0.3, 0.4) is 0 Å². The van der Waals surface area contributed by atoms with E-state index >= 15 is 0 Å². The van der Waals surface area contributed by atoms with Crippen LogP contribution >= 0.6 is 22.7 Å². The number of halogens is 3. The van der Waals surface area contributed by atoms with Crippen LogP contribution in [0.25, 0.3) is 10.6 Å². The van der Waals surface area contributed by atoms with Crippen molar-refractivity contribution < 1.29 is 23.1 Å². The number of likely N-dealkylation sites (tertiary alicyclic amines) is 1. The van der Waals surface area contributed by atoms with Gasteiger partial charge in [-0.15, -0.1) is 22.7 Å². The van der Waals surface area contributed by atoms with Crippen LogP contribution < -0.4 is 0 Å². The van der Waals surface area contributed by atoms with Gasteiger partial charge in [0.25, 0.3) is 0 Å². The van der Waals surface area contributed by atoms with Crippen molar-refractivity contribution in [2.24, 2.45) is 0 Å². The lowest BCUT2D eigenvalue weighted by Crippen LogP contribution is -2.29.